The number of nitrogens with one attached hydrogen (secondary N) is 1. The average Bonchev–Trinajstić information content (AvgIpc) is 2.32. The first kappa shape index (κ1) is 13.2. The number of amides is 1. The van der Waals surface area contributed by atoms with Crippen molar-refractivity contribution in [2.45, 2.75) is 20.3 Å². The molecular weight excluding hydrogens is 218 g/mol. The van der Waals surface area contributed by atoms with E-state index in [1.165, 1.54) is 7.11 Å². The molecule has 0 bridgehead atoms. The Morgan fingerprint density at radius 3 is 2.53 bits per heavy atom. The van der Waals surface area contributed by atoms with E-state index in [-0.39, 0.29) is 18.3 Å². The summed E-state index contributed by atoms with van der Waals surface area (Å²) in [6.07, 6.45) is 0.188. The Labute approximate surface area is 101 Å². The molecule has 0 heterocycles. The van der Waals surface area contributed by atoms with Crippen molar-refractivity contribution >= 4 is 11.9 Å². The lowest BCUT2D eigenvalue weighted by atomic mass is 10.1. The highest BCUT2D eigenvalue weighted by molar-refractivity contribution is 5.94. The maximum Gasteiger partial charge on any atom is 0.307 e. The van der Waals surface area contributed by atoms with Crippen LogP contribution in [-0.4, -0.2) is 25.5 Å². The highest BCUT2D eigenvalue weighted by Crippen LogP contribution is 2.09. The van der Waals surface area contributed by atoms with E-state index in [1.54, 1.807) is 6.07 Å². The number of carbonyl (C=O) groups excluding carboxylic acids is 2. The zero-order valence-corrected chi connectivity index (χ0v) is 10.4. The summed E-state index contributed by atoms with van der Waals surface area (Å²) in [6.45, 7) is 4.24. The molecule has 1 rings (SSSR count). The van der Waals surface area contributed by atoms with Crippen LogP contribution in [0.15, 0.2) is 18.2 Å². The average molecular weight is 235 g/mol. The van der Waals surface area contributed by atoms with E-state index < -0.39 is 0 Å². The molecule has 0 saturated heterocycles. The highest BCUT2D eigenvalue weighted by atomic mass is 16.5. The number of carbonyl (C=O) groups is 2. The summed E-state index contributed by atoms with van der Waals surface area (Å²) in [5, 5.41) is 2.67. The minimum atomic E-state index is -0.328. The smallest absolute Gasteiger partial charge is 0.307 e. The summed E-state index contributed by atoms with van der Waals surface area (Å²) in [6, 6.07) is 5.52. The standard InChI is InChI=1S/C13H17NO3/c1-9-4-5-11(8-10(9)2)13(16)14-7-6-12(15)17-3/h4-5,8H,6-7H2,1-3H3,(H,14,16). The summed E-state index contributed by atoms with van der Waals surface area (Å²) in [5.41, 5.74) is 2.83. The molecule has 0 aliphatic rings. The van der Waals surface area contributed by atoms with Crippen LogP contribution >= 0.6 is 0 Å². The van der Waals surface area contributed by atoms with Crippen LogP contribution in [0.25, 0.3) is 0 Å². The van der Waals surface area contributed by atoms with Crippen LogP contribution in [0.4, 0.5) is 0 Å². The van der Waals surface area contributed by atoms with Crippen molar-refractivity contribution in [2.24, 2.45) is 0 Å². The second-order valence-corrected chi connectivity index (χ2v) is 3.88. The minimum Gasteiger partial charge on any atom is -0.469 e. The van der Waals surface area contributed by atoms with E-state index in [0.717, 1.165) is 11.1 Å². The van der Waals surface area contributed by atoms with Gasteiger partial charge in [0.2, 0.25) is 0 Å². The third kappa shape index (κ3) is 3.90. The lowest BCUT2D eigenvalue weighted by molar-refractivity contribution is -0.140. The summed E-state index contributed by atoms with van der Waals surface area (Å²) in [7, 11) is 1.33. The van der Waals surface area contributed by atoms with Gasteiger partial charge in [-0.25, -0.2) is 0 Å². The Morgan fingerprint density at radius 1 is 1.24 bits per heavy atom. The summed E-state index contributed by atoms with van der Waals surface area (Å²) in [5.74, 6) is -0.498. The maximum absolute atomic E-state index is 11.7. The number of ether oxygens (including phenoxy) is 1. The molecule has 0 unspecified atom stereocenters. The molecule has 0 radical (unpaired) electrons. The Balaban J connectivity index is 2.52. The van der Waals surface area contributed by atoms with Gasteiger partial charge >= 0.3 is 5.97 Å². The van der Waals surface area contributed by atoms with Crippen LogP contribution in [0, 0.1) is 13.8 Å². The molecule has 17 heavy (non-hydrogen) atoms. The molecule has 92 valence electrons. The molecule has 0 aliphatic heterocycles. The molecule has 1 aromatic rings. The number of methoxy groups -OCH3 is 1. The zero-order chi connectivity index (χ0) is 12.8. The van der Waals surface area contributed by atoms with Crippen LogP contribution in [0.1, 0.15) is 27.9 Å². The molecule has 1 aromatic carbocycles. The molecular formula is C13H17NO3. The SMILES string of the molecule is COC(=O)CCNC(=O)c1ccc(C)c(C)c1. The molecule has 1 amide bonds. The number of esters is 1. The number of hydrogen-bond acceptors (Lipinski definition) is 3. The maximum atomic E-state index is 11.7. The van der Waals surface area contributed by atoms with Gasteiger partial charge in [-0.05, 0) is 37.1 Å². The summed E-state index contributed by atoms with van der Waals surface area (Å²) >= 11 is 0. The van der Waals surface area contributed by atoms with Crippen molar-refractivity contribution in [3.8, 4) is 0 Å². The third-order valence-corrected chi connectivity index (χ3v) is 2.61. The van der Waals surface area contributed by atoms with Gasteiger partial charge in [0.05, 0.1) is 13.5 Å². The van der Waals surface area contributed by atoms with Crippen molar-refractivity contribution in [1.29, 1.82) is 0 Å². The van der Waals surface area contributed by atoms with Gasteiger partial charge in [0.1, 0.15) is 0 Å². The van der Waals surface area contributed by atoms with Crippen LogP contribution < -0.4 is 5.32 Å². The summed E-state index contributed by atoms with van der Waals surface area (Å²) in [4.78, 5) is 22.6. The first-order valence-corrected chi connectivity index (χ1v) is 5.47. The Kier molecular flexibility index (Phi) is 4.69. The molecule has 0 aromatic heterocycles. The molecule has 0 fully saturated rings. The number of rotatable bonds is 4. The quantitative estimate of drug-likeness (QED) is 0.806. The van der Waals surface area contributed by atoms with Gasteiger partial charge in [0.15, 0.2) is 0 Å². The highest BCUT2D eigenvalue weighted by Gasteiger charge is 2.07. The van der Waals surface area contributed by atoms with Gasteiger partial charge in [-0.2, -0.15) is 0 Å². The van der Waals surface area contributed by atoms with E-state index in [4.69, 9.17) is 0 Å². The molecule has 4 nitrogen and oxygen atoms in total. The van der Waals surface area contributed by atoms with Gasteiger partial charge in [-0.15, -0.1) is 0 Å². The van der Waals surface area contributed by atoms with Gasteiger partial charge in [0.25, 0.3) is 5.91 Å². The van der Waals surface area contributed by atoms with Crippen LogP contribution in [-0.2, 0) is 9.53 Å². The van der Waals surface area contributed by atoms with Crippen molar-refractivity contribution in [3.05, 3.63) is 34.9 Å². The lowest BCUT2D eigenvalue weighted by Gasteiger charge is -2.06. The second-order valence-electron chi connectivity index (χ2n) is 3.88. The fourth-order valence-electron chi connectivity index (χ4n) is 1.36. The fourth-order valence-corrected chi connectivity index (χ4v) is 1.36. The normalized spacial score (nSPS) is 9.82. The van der Waals surface area contributed by atoms with Crippen molar-refractivity contribution < 1.29 is 14.3 Å². The van der Waals surface area contributed by atoms with E-state index in [2.05, 4.69) is 10.1 Å². The molecule has 0 saturated carbocycles. The van der Waals surface area contributed by atoms with E-state index in [1.807, 2.05) is 26.0 Å². The Bertz CT molecular complexity index is 427. The number of benzene rings is 1. The number of aryl methyl sites for hydroxylation is 2. The monoisotopic (exact) mass is 235 g/mol. The Hall–Kier alpha value is -1.84. The van der Waals surface area contributed by atoms with Gasteiger partial charge < -0.3 is 10.1 Å². The zero-order valence-electron chi connectivity index (χ0n) is 10.4. The molecule has 4 heteroatoms. The second kappa shape index (κ2) is 6.03. The van der Waals surface area contributed by atoms with Gasteiger partial charge in [0, 0.05) is 12.1 Å². The largest absolute Gasteiger partial charge is 0.469 e. The predicted octanol–water partition coefficient (Wildman–Crippen LogP) is 1.60. The van der Waals surface area contributed by atoms with Crippen molar-refractivity contribution in [1.82, 2.24) is 5.32 Å². The van der Waals surface area contributed by atoms with Crippen LogP contribution in [0.5, 0.6) is 0 Å². The third-order valence-electron chi connectivity index (χ3n) is 2.61. The van der Waals surface area contributed by atoms with Gasteiger partial charge in [-0.1, -0.05) is 6.07 Å². The molecule has 1 N–H and O–H groups in total. The first-order chi connectivity index (χ1) is 8.04. The summed E-state index contributed by atoms with van der Waals surface area (Å²) < 4.78 is 4.48. The van der Waals surface area contributed by atoms with E-state index >= 15 is 0 Å². The Morgan fingerprint density at radius 2 is 1.94 bits per heavy atom. The molecule has 0 aliphatic carbocycles. The van der Waals surface area contributed by atoms with Crippen LogP contribution in [0.3, 0.4) is 0 Å². The minimum absolute atomic E-state index is 0.169. The number of hydrogen-bond donors (Lipinski definition) is 1. The van der Waals surface area contributed by atoms with Crippen molar-refractivity contribution in [3.63, 3.8) is 0 Å². The fraction of sp³-hybridized carbons (Fsp3) is 0.385. The van der Waals surface area contributed by atoms with Crippen molar-refractivity contribution in [2.75, 3.05) is 13.7 Å². The lowest BCUT2D eigenvalue weighted by Crippen LogP contribution is -2.26. The molecule has 0 atom stereocenters. The predicted molar refractivity (Wildman–Crippen MR) is 64.9 cm³/mol. The van der Waals surface area contributed by atoms with Gasteiger partial charge in [-0.3, -0.25) is 9.59 Å². The first-order valence-electron chi connectivity index (χ1n) is 5.47. The molecule has 0 spiro atoms. The van der Waals surface area contributed by atoms with Crippen LogP contribution in [0.2, 0.25) is 0 Å². The topological polar surface area (TPSA) is 55.4 Å². The van der Waals surface area contributed by atoms with E-state index in [0.29, 0.717) is 12.1 Å². The van der Waals surface area contributed by atoms with E-state index in [9.17, 15) is 9.59 Å².